The maximum absolute atomic E-state index is 6.17. The molecule has 0 radical (unpaired) electrons. The largest absolute Gasteiger partial charge is 0.489 e. The highest BCUT2D eigenvalue weighted by Gasteiger charge is 2.04. The summed E-state index contributed by atoms with van der Waals surface area (Å²) in [6.45, 7) is 1.04. The third-order valence-electron chi connectivity index (χ3n) is 3.66. The van der Waals surface area contributed by atoms with E-state index in [1.807, 2.05) is 54.6 Å². The second-order valence-corrected chi connectivity index (χ2v) is 6.76. The summed E-state index contributed by atoms with van der Waals surface area (Å²) in [7, 11) is 0. The summed E-state index contributed by atoms with van der Waals surface area (Å²) in [5, 5.41) is 5.27. The number of hydrogen-bond donors (Lipinski definition) is 1. The molecule has 0 saturated carbocycles. The Morgan fingerprint density at radius 2 is 1.64 bits per heavy atom. The molecule has 3 aromatic rings. The molecule has 0 unspecified atom stereocenters. The third kappa shape index (κ3) is 5.05. The number of anilines is 1. The normalized spacial score (nSPS) is 10.5. The zero-order valence-electron chi connectivity index (χ0n) is 13.3. The minimum absolute atomic E-state index is 0.427. The van der Waals surface area contributed by atoms with Gasteiger partial charge in [0.15, 0.2) is 0 Å². The van der Waals surface area contributed by atoms with Gasteiger partial charge in [-0.25, -0.2) is 0 Å². The summed E-state index contributed by atoms with van der Waals surface area (Å²) >= 11 is 18.3. The first-order valence-corrected chi connectivity index (χ1v) is 8.89. The summed E-state index contributed by atoms with van der Waals surface area (Å²) in [4.78, 5) is 0. The van der Waals surface area contributed by atoms with Crippen molar-refractivity contribution in [3.05, 3.63) is 92.9 Å². The molecule has 0 heterocycles. The molecule has 0 spiro atoms. The Hall–Kier alpha value is -1.87. The summed E-state index contributed by atoms with van der Waals surface area (Å²) in [6, 6.07) is 20.9. The van der Waals surface area contributed by atoms with E-state index in [4.69, 9.17) is 39.5 Å². The van der Waals surface area contributed by atoms with Crippen LogP contribution in [0.3, 0.4) is 0 Å². The van der Waals surface area contributed by atoms with E-state index in [1.54, 1.807) is 12.1 Å². The van der Waals surface area contributed by atoms with Crippen LogP contribution < -0.4 is 10.1 Å². The third-order valence-corrected chi connectivity index (χ3v) is 4.60. The predicted molar refractivity (Wildman–Crippen MR) is 106 cm³/mol. The fourth-order valence-corrected chi connectivity index (χ4v) is 2.90. The van der Waals surface area contributed by atoms with Gasteiger partial charge in [0, 0.05) is 22.2 Å². The number of nitrogens with one attached hydrogen (secondary N) is 1. The van der Waals surface area contributed by atoms with Gasteiger partial charge in [-0.05, 0) is 42.0 Å². The van der Waals surface area contributed by atoms with Crippen molar-refractivity contribution in [1.82, 2.24) is 0 Å². The van der Waals surface area contributed by atoms with Crippen molar-refractivity contribution >= 4 is 40.5 Å². The van der Waals surface area contributed by atoms with Gasteiger partial charge in [0.25, 0.3) is 0 Å². The highest BCUT2D eigenvalue weighted by Crippen LogP contribution is 2.26. The molecule has 0 atom stereocenters. The Bertz CT molecular complexity index is 867. The Balaban J connectivity index is 1.63. The highest BCUT2D eigenvalue weighted by atomic mass is 35.5. The van der Waals surface area contributed by atoms with E-state index >= 15 is 0 Å². The van der Waals surface area contributed by atoms with Crippen LogP contribution >= 0.6 is 34.8 Å². The fourth-order valence-electron chi connectivity index (χ4n) is 2.35. The first-order valence-electron chi connectivity index (χ1n) is 7.76. The molecular weight excluding hydrogens is 377 g/mol. The Kier molecular flexibility index (Phi) is 6.09. The minimum Gasteiger partial charge on any atom is -0.489 e. The molecule has 5 heteroatoms. The number of rotatable bonds is 6. The number of benzene rings is 3. The molecule has 0 aliphatic heterocycles. The average molecular weight is 393 g/mol. The molecule has 0 saturated heterocycles. The van der Waals surface area contributed by atoms with Crippen LogP contribution in [0.1, 0.15) is 11.1 Å². The summed E-state index contributed by atoms with van der Waals surface area (Å²) in [5.74, 6) is 0.788. The van der Waals surface area contributed by atoms with Crippen LogP contribution in [-0.2, 0) is 13.2 Å². The summed E-state index contributed by atoms with van der Waals surface area (Å²) in [6.07, 6.45) is 0. The lowest BCUT2D eigenvalue weighted by Crippen LogP contribution is -2.01. The molecule has 25 heavy (non-hydrogen) atoms. The van der Waals surface area contributed by atoms with Gasteiger partial charge in [0.1, 0.15) is 12.4 Å². The smallest absolute Gasteiger partial charge is 0.120 e. The molecule has 1 N–H and O–H groups in total. The molecule has 3 rings (SSSR count). The van der Waals surface area contributed by atoms with E-state index in [0.29, 0.717) is 28.2 Å². The van der Waals surface area contributed by atoms with Crippen LogP contribution in [0.5, 0.6) is 5.75 Å². The molecule has 0 fully saturated rings. The fraction of sp³-hybridized carbons (Fsp3) is 0.100. The lowest BCUT2D eigenvalue weighted by atomic mass is 10.2. The first kappa shape index (κ1) is 17.9. The molecule has 0 bridgehead atoms. The monoisotopic (exact) mass is 391 g/mol. The molecule has 3 aromatic carbocycles. The van der Waals surface area contributed by atoms with Crippen molar-refractivity contribution in [1.29, 1.82) is 0 Å². The Labute approximate surface area is 162 Å². The SMILES string of the molecule is Clc1ccc(Cl)c(NCc2cccc(OCc3ccccc3Cl)c2)c1. The quantitative estimate of drug-likeness (QED) is 0.496. The van der Waals surface area contributed by atoms with Gasteiger partial charge in [-0.2, -0.15) is 0 Å². The molecule has 0 aliphatic carbocycles. The van der Waals surface area contributed by atoms with Crippen LogP contribution in [0.25, 0.3) is 0 Å². The van der Waals surface area contributed by atoms with Gasteiger partial charge in [-0.15, -0.1) is 0 Å². The van der Waals surface area contributed by atoms with Gasteiger partial charge in [-0.3, -0.25) is 0 Å². The van der Waals surface area contributed by atoms with Gasteiger partial charge >= 0.3 is 0 Å². The van der Waals surface area contributed by atoms with E-state index in [2.05, 4.69) is 5.32 Å². The van der Waals surface area contributed by atoms with Crippen LogP contribution in [0.15, 0.2) is 66.7 Å². The van der Waals surface area contributed by atoms with Crippen molar-refractivity contribution in [2.24, 2.45) is 0 Å². The first-order chi connectivity index (χ1) is 12.1. The molecule has 0 amide bonds. The van der Waals surface area contributed by atoms with E-state index in [9.17, 15) is 0 Å². The van der Waals surface area contributed by atoms with Gasteiger partial charge in [-0.1, -0.05) is 65.1 Å². The zero-order valence-corrected chi connectivity index (χ0v) is 15.6. The summed E-state index contributed by atoms with van der Waals surface area (Å²) in [5.41, 5.74) is 2.84. The van der Waals surface area contributed by atoms with Crippen LogP contribution in [0, 0.1) is 0 Å². The zero-order chi connectivity index (χ0) is 17.6. The number of ether oxygens (including phenoxy) is 1. The van der Waals surface area contributed by atoms with Crippen LogP contribution in [-0.4, -0.2) is 0 Å². The van der Waals surface area contributed by atoms with E-state index < -0.39 is 0 Å². The van der Waals surface area contributed by atoms with E-state index in [0.717, 1.165) is 22.6 Å². The van der Waals surface area contributed by atoms with Crippen molar-refractivity contribution in [2.45, 2.75) is 13.2 Å². The second kappa shape index (κ2) is 8.48. The number of hydrogen-bond acceptors (Lipinski definition) is 2. The standard InChI is InChI=1S/C20H16Cl3NO/c21-16-8-9-19(23)20(11-16)24-12-14-4-3-6-17(10-14)25-13-15-5-1-2-7-18(15)22/h1-11,24H,12-13H2. The molecular formula is C20H16Cl3NO. The topological polar surface area (TPSA) is 21.3 Å². The van der Waals surface area contributed by atoms with Gasteiger partial charge < -0.3 is 10.1 Å². The lowest BCUT2D eigenvalue weighted by molar-refractivity contribution is 0.306. The molecule has 2 nitrogen and oxygen atoms in total. The molecule has 0 aliphatic rings. The summed E-state index contributed by atoms with van der Waals surface area (Å²) < 4.78 is 5.85. The maximum atomic E-state index is 6.17. The van der Waals surface area contributed by atoms with Crippen LogP contribution in [0.4, 0.5) is 5.69 Å². The van der Waals surface area contributed by atoms with Crippen LogP contribution in [0.2, 0.25) is 15.1 Å². The van der Waals surface area contributed by atoms with Gasteiger partial charge in [0.2, 0.25) is 0 Å². The second-order valence-electron chi connectivity index (χ2n) is 5.51. The van der Waals surface area contributed by atoms with Crippen molar-refractivity contribution < 1.29 is 4.74 Å². The Morgan fingerprint density at radius 1 is 0.800 bits per heavy atom. The molecule has 128 valence electrons. The minimum atomic E-state index is 0.427. The predicted octanol–water partition coefficient (Wildman–Crippen LogP) is 6.84. The van der Waals surface area contributed by atoms with Crippen molar-refractivity contribution in [3.63, 3.8) is 0 Å². The van der Waals surface area contributed by atoms with E-state index in [-0.39, 0.29) is 0 Å². The van der Waals surface area contributed by atoms with Crippen molar-refractivity contribution in [3.8, 4) is 5.75 Å². The maximum Gasteiger partial charge on any atom is 0.120 e. The van der Waals surface area contributed by atoms with E-state index in [1.165, 1.54) is 0 Å². The number of halogens is 3. The molecule has 0 aromatic heterocycles. The van der Waals surface area contributed by atoms with Crippen molar-refractivity contribution in [2.75, 3.05) is 5.32 Å². The highest BCUT2D eigenvalue weighted by molar-refractivity contribution is 6.35. The average Bonchev–Trinajstić information content (AvgIpc) is 2.62. The Morgan fingerprint density at radius 3 is 2.48 bits per heavy atom. The van der Waals surface area contributed by atoms with Gasteiger partial charge in [0.05, 0.1) is 10.7 Å². The lowest BCUT2D eigenvalue weighted by Gasteiger charge is -2.11.